The molecule has 3 heteroatoms. The Hall–Kier alpha value is -3.04. The van der Waals surface area contributed by atoms with Gasteiger partial charge in [0, 0.05) is 23.0 Å². The van der Waals surface area contributed by atoms with Gasteiger partial charge in [0.15, 0.2) is 0 Å². The number of hydrogen-bond acceptors (Lipinski definition) is 3. The van der Waals surface area contributed by atoms with Crippen molar-refractivity contribution >= 4 is 11.9 Å². The summed E-state index contributed by atoms with van der Waals surface area (Å²) in [5, 5.41) is 19.9. The lowest BCUT2D eigenvalue weighted by Gasteiger charge is -2.20. The lowest BCUT2D eigenvalue weighted by Crippen LogP contribution is -2.11. The molecule has 2 rings (SSSR count). The minimum atomic E-state index is 0.124. The van der Waals surface area contributed by atoms with Crippen molar-refractivity contribution in [1.82, 2.24) is 0 Å². The van der Waals surface area contributed by atoms with Crippen LogP contribution in [0.2, 0.25) is 0 Å². The van der Waals surface area contributed by atoms with E-state index in [2.05, 4.69) is 24.2 Å². The van der Waals surface area contributed by atoms with E-state index in [9.17, 15) is 0 Å². The fourth-order valence-electron chi connectivity index (χ4n) is 2.30. The van der Waals surface area contributed by atoms with Crippen LogP contribution in [0, 0.1) is 29.1 Å². The molecule has 0 spiro atoms. The highest BCUT2D eigenvalue weighted by Crippen LogP contribution is 2.25. The summed E-state index contributed by atoms with van der Waals surface area (Å²) >= 11 is 0. The molecule has 0 fully saturated rings. The highest BCUT2D eigenvalue weighted by molar-refractivity contribution is 5.86. The SMILES string of the molecule is C#Cc1ccc([C@H](CC)Nc2ccc(C#N)cc2C=N)cc1. The van der Waals surface area contributed by atoms with Gasteiger partial charge < -0.3 is 10.7 Å². The van der Waals surface area contributed by atoms with Gasteiger partial charge in [-0.15, -0.1) is 6.42 Å². The average molecular weight is 287 g/mol. The Bertz CT molecular complexity index is 746. The van der Waals surface area contributed by atoms with Crippen LogP contribution in [-0.2, 0) is 0 Å². The van der Waals surface area contributed by atoms with Crippen molar-refractivity contribution in [3.05, 3.63) is 64.7 Å². The lowest BCUT2D eigenvalue weighted by atomic mass is 10.0. The molecule has 0 radical (unpaired) electrons. The largest absolute Gasteiger partial charge is 0.378 e. The first-order chi connectivity index (χ1) is 10.7. The standard InChI is InChI=1S/C19H17N3/c1-3-14-5-8-16(9-6-14)18(4-2)22-19-10-7-15(12-20)11-17(19)13-21/h1,5-11,13,18,21-22H,4H2,2H3/t18-/m0/s1. The summed E-state index contributed by atoms with van der Waals surface area (Å²) in [5.74, 6) is 2.61. The van der Waals surface area contributed by atoms with Gasteiger partial charge in [-0.3, -0.25) is 0 Å². The second-order valence-electron chi connectivity index (χ2n) is 4.93. The monoisotopic (exact) mass is 287 g/mol. The average Bonchev–Trinajstić information content (AvgIpc) is 2.59. The van der Waals surface area contributed by atoms with Crippen molar-refractivity contribution in [2.75, 3.05) is 5.32 Å². The molecule has 0 unspecified atom stereocenters. The van der Waals surface area contributed by atoms with E-state index in [1.54, 1.807) is 12.1 Å². The number of nitrogens with one attached hydrogen (secondary N) is 2. The zero-order valence-electron chi connectivity index (χ0n) is 12.4. The van der Waals surface area contributed by atoms with Gasteiger partial charge in [-0.1, -0.05) is 25.0 Å². The first-order valence-electron chi connectivity index (χ1n) is 7.09. The highest BCUT2D eigenvalue weighted by Gasteiger charge is 2.11. The molecule has 0 saturated heterocycles. The third-order valence-corrected chi connectivity index (χ3v) is 3.55. The van der Waals surface area contributed by atoms with Crippen LogP contribution in [0.5, 0.6) is 0 Å². The van der Waals surface area contributed by atoms with Crippen molar-refractivity contribution < 1.29 is 0 Å². The number of nitrogens with zero attached hydrogens (tertiary/aromatic N) is 1. The maximum atomic E-state index is 8.94. The lowest BCUT2D eigenvalue weighted by molar-refractivity contribution is 0.749. The fraction of sp³-hybridized carbons (Fsp3) is 0.158. The van der Waals surface area contributed by atoms with Crippen LogP contribution in [0.1, 0.15) is 41.6 Å². The first-order valence-corrected chi connectivity index (χ1v) is 7.09. The van der Waals surface area contributed by atoms with Crippen LogP contribution in [0.4, 0.5) is 5.69 Å². The maximum absolute atomic E-state index is 8.94. The summed E-state index contributed by atoms with van der Waals surface area (Å²) in [6, 6.07) is 15.4. The number of terminal acetylenes is 1. The van der Waals surface area contributed by atoms with Crippen LogP contribution in [0.15, 0.2) is 42.5 Å². The van der Waals surface area contributed by atoms with Crippen LogP contribution in [0.3, 0.4) is 0 Å². The molecule has 22 heavy (non-hydrogen) atoms. The molecule has 0 amide bonds. The Morgan fingerprint density at radius 3 is 2.45 bits per heavy atom. The normalized spacial score (nSPS) is 11.0. The summed E-state index contributed by atoms with van der Waals surface area (Å²) in [6.07, 6.45) is 7.54. The number of nitriles is 1. The maximum Gasteiger partial charge on any atom is 0.0991 e. The van der Waals surface area contributed by atoms with E-state index >= 15 is 0 Å². The summed E-state index contributed by atoms with van der Waals surface area (Å²) in [4.78, 5) is 0. The molecule has 0 saturated carbocycles. The van der Waals surface area contributed by atoms with E-state index < -0.39 is 0 Å². The third kappa shape index (κ3) is 3.34. The zero-order valence-corrected chi connectivity index (χ0v) is 12.4. The minimum Gasteiger partial charge on any atom is -0.378 e. The predicted molar refractivity (Wildman–Crippen MR) is 90.1 cm³/mol. The molecule has 3 nitrogen and oxygen atoms in total. The van der Waals surface area contributed by atoms with Gasteiger partial charge >= 0.3 is 0 Å². The molecule has 2 aromatic rings. The van der Waals surface area contributed by atoms with Gasteiger partial charge in [-0.25, -0.2) is 0 Å². The van der Waals surface area contributed by atoms with E-state index in [-0.39, 0.29) is 6.04 Å². The minimum absolute atomic E-state index is 0.124. The highest BCUT2D eigenvalue weighted by atomic mass is 14.9. The molecule has 2 N–H and O–H groups in total. The molecule has 108 valence electrons. The van der Waals surface area contributed by atoms with Gasteiger partial charge in [0.05, 0.1) is 17.7 Å². The van der Waals surface area contributed by atoms with E-state index in [0.29, 0.717) is 11.1 Å². The summed E-state index contributed by atoms with van der Waals surface area (Å²) < 4.78 is 0. The van der Waals surface area contributed by atoms with Gasteiger partial charge in [0.2, 0.25) is 0 Å². The van der Waals surface area contributed by atoms with E-state index in [1.165, 1.54) is 6.21 Å². The molecule has 0 aliphatic carbocycles. The molecule has 0 aliphatic rings. The van der Waals surface area contributed by atoms with Gasteiger partial charge in [0.1, 0.15) is 0 Å². The molecule has 1 atom stereocenters. The molecular formula is C19H17N3. The van der Waals surface area contributed by atoms with Crippen molar-refractivity contribution in [2.45, 2.75) is 19.4 Å². The quantitative estimate of drug-likeness (QED) is 0.642. The molecule has 0 aromatic heterocycles. The summed E-state index contributed by atoms with van der Waals surface area (Å²) in [5.41, 5.74) is 4.11. The molecule has 0 bridgehead atoms. The van der Waals surface area contributed by atoms with E-state index in [4.69, 9.17) is 17.1 Å². The second-order valence-corrected chi connectivity index (χ2v) is 4.93. The zero-order chi connectivity index (χ0) is 15.9. The smallest absolute Gasteiger partial charge is 0.0991 e. The van der Waals surface area contributed by atoms with Gasteiger partial charge in [-0.05, 0) is 42.3 Å². The molecular weight excluding hydrogens is 270 g/mol. The van der Waals surface area contributed by atoms with Crippen LogP contribution < -0.4 is 5.32 Å². The van der Waals surface area contributed by atoms with Gasteiger partial charge in [-0.2, -0.15) is 5.26 Å². The summed E-state index contributed by atoms with van der Waals surface area (Å²) in [6.45, 7) is 2.10. The Kier molecular flexibility index (Phi) is 4.96. The van der Waals surface area contributed by atoms with Gasteiger partial charge in [0.25, 0.3) is 0 Å². The number of rotatable bonds is 5. The Morgan fingerprint density at radius 1 is 1.23 bits per heavy atom. The summed E-state index contributed by atoms with van der Waals surface area (Å²) in [7, 11) is 0. The molecule has 2 aromatic carbocycles. The third-order valence-electron chi connectivity index (χ3n) is 3.55. The topological polar surface area (TPSA) is 59.7 Å². The first kappa shape index (κ1) is 15.4. The van der Waals surface area contributed by atoms with Crippen LogP contribution in [0.25, 0.3) is 0 Å². The van der Waals surface area contributed by atoms with Crippen molar-refractivity contribution in [1.29, 1.82) is 10.7 Å². The number of hydrogen-bond donors (Lipinski definition) is 2. The number of benzene rings is 2. The van der Waals surface area contributed by atoms with Crippen LogP contribution >= 0.6 is 0 Å². The fourth-order valence-corrected chi connectivity index (χ4v) is 2.30. The van der Waals surface area contributed by atoms with Crippen LogP contribution in [-0.4, -0.2) is 6.21 Å². The molecule has 0 heterocycles. The Balaban J connectivity index is 2.28. The number of anilines is 1. The van der Waals surface area contributed by atoms with Crippen molar-refractivity contribution in [2.24, 2.45) is 0 Å². The van der Waals surface area contributed by atoms with Crippen molar-refractivity contribution in [3.63, 3.8) is 0 Å². The van der Waals surface area contributed by atoms with E-state index in [0.717, 1.165) is 23.2 Å². The molecule has 0 aliphatic heterocycles. The second kappa shape index (κ2) is 7.11. The Morgan fingerprint density at radius 2 is 1.91 bits per heavy atom. The van der Waals surface area contributed by atoms with Crippen molar-refractivity contribution in [3.8, 4) is 18.4 Å². The van der Waals surface area contributed by atoms with E-state index in [1.807, 2.05) is 30.3 Å². The Labute approximate surface area is 131 Å². The predicted octanol–water partition coefficient (Wildman–Crippen LogP) is 4.10.